The fourth-order valence-corrected chi connectivity index (χ4v) is 0. The van der Waals surface area contributed by atoms with E-state index >= 15 is 0 Å². The summed E-state index contributed by atoms with van der Waals surface area (Å²) in [5, 5.41) is 7.00. The number of halogens is 2. The molecule has 0 aromatic heterocycles. The van der Waals surface area contributed by atoms with Crippen molar-refractivity contribution in [2.75, 3.05) is 7.11 Å². The van der Waals surface area contributed by atoms with Crippen LogP contribution in [-0.4, -0.2) is 87.7 Å². The minimum absolute atomic E-state index is 0. The van der Waals surface area contributed by atoms with Crippen molar-refractivity contribution in [3.63, 3.8) is 0 Å². The molecule has 0 bridgehead atoms. The first-order valence-corrected chi connectivity index (χ1v) is 0.447. The number of hydrogen-bond acceptors (Lipinski definition) is 1. The standard InChI is InChI=1S/CH4O.2Ca.2ClH.2H/c1-2;;;;;;/h2H,1H3;;;2*1H;;/q;2*+2;;;2*-1/p-2. The van der Waals surface area contributed by atoms with Crippen molar-refractivity contribution < 1.29 is 32.8 Å². The molecule has 0 unspecified atom stereocenters. The van der Waals surface area contributed by atoms with E-state index in [1.807, 2.05) is 0 Å². The summed E-state index contributed by atoms with van der Waals surface area (Å²) in [5.74, 6) is 0. The van der Waals surface area contributed by atoms with Crippen molar-refractivity contribution in [1.82, 2.24) is 0 Å². The van der Waals surface area contributed by atoms with Gasteiger partial charge in [0, 0.05) is 7.11 Å². The van der Waals surface area contributed by atoms with E-state index in [1.54, 1.807) is 0 Å². The third kappa shape index (κ3) is 27.7. The first-order valence-electron chi connectivity index (χ1n) is 0.447. The molecule has 0 radical (unpaired) electrons. The number of aliphatic hydroxyl groups excluding tert-OH is 1. The molecule has 0 aromatic carbocycles. The minimum Gasteiger partial charge on any atom is -1.00 e. The third-order valence-corrected chi connectivity index (χ3v) is 0. The van der Waals surface area contributed by atoms with Crippen molar-refractivity contribution in [3.05, 3.63) is 0 Å². The molecule has 0 aliphatic carbocycles. The second kappa shape index (κ2) is 42.9. The summed E-state index contributed by atoms with van der Waals surface area (Å²) in [4.78, 5) is 0. The van der Waals surface area contributed by atoms with Crippen LogP contribution in [0.2, 0.25) is 0 Å². The summed E-state index contributed by atoms with van der Waals surface area (Å²) in [5.41, 5.74) is 0. The van der Waals surface area contributed by atoms with Gasteiger partial charge in [-0.05, 0) is 0 Å². The minimum atomic E-state index is 0. The zero-order valence-corrected chi connectivity index (χ0v) is 9.55. The van der Waals surface area contributed by atoms with Crippen molar-refractivity contribution in [1.29, 1.82) is 0 Å². The van der Waals surface area contributed by atoms with E-state index in [1.165, 1.54) is 0 Å². The van der Waals surface area contributed by atoms with E-state index in [2.05, 4.69) is 0 Å². The van der Waals surface area contributed by atoms with Crippen LogP contribution in [0.3, 0.4) is 0 Å². The number of hydrogen-bond donors (Lipinski definition) is 1. The Morgan fingerprint density at radius 1 is 1.00 bits per heavy atom. The van der Waals surface area contributed by atoms with Crippen LogP contribution < -0.4 is 24.8 Å². The summed E-state index contributed by atoms with van der Waals surface area (Å²) in [6.07, 6.45) is 0. The molecule has 0 amide bonds. The summed E-state index contributed by atoms with van der Waals surface area (Å²) < 4.78 is 0. The molecule has 6 heavy (non-hydrogen) atoms. The average molecular weight is 185 g/mol. The topological polar surface area (TPSA) is 20.2 Å². The largest absolute Gasteiger partial charge is 2.00 e. The Balaban J connectivity index is -0.000000000333. The normalized spacial score (nSPS) is 1.00. The summed E-state index contributed by atoms with van der Waals surface area (Å²) in [6, 6.07) is 0. The van der Waals surface area contributed by atoms with Gasteiger partial charge < -0.3 is 32.8 Å². The van der Waals surface area contributed by atoms with Gasteiger partial charge in [0.1, 0.15) is 0 Å². The van der Waals surface area contributed by atoms with Gasteiger partial charge in [-0.25, -0.2) is 0 Å². The van der Waals surface area contributed by atoms with Crippen molar-refractivity contribution in [2.24, 2.45) is 0 Å². The molecular weight excluding hydrogens is 179 g/mol. The van der Waals surface area contributed by atoms with Crippen LogP contribution in [0.25, 0.3) is 0 Å². The van der Waals surface area contributed by atoms with Gasteiger partial charge in [-0.15, -0.1) is 0 Å². The number of rotatable bonds is 0. The molecule has 0 aliphatic rings. The van der Waals surface area contributed by atoms with Crippen LogP contribution in [0.1, 0.15) is 2.85 Å². The van der Waals surface area contributed by atoms with Gasteiger partial charge in [-0.1, -0.05) is 0 Å². The fraction of sp³-hybridized carbons (Fsp3) is 1.00. The van der Waals surface area contributed by atoms with Crippen LogP contribution in [0.5, 0.6) is 0 Å². The molecule has 0 atom stereocenters. The molecular formula is CH6Ca2Cl2O. The zero-order valence-electron chi connectivity index (χ0n) is 5.62. The molecule has 0 spiro atoms. The molecule has 0 heterocycles. The summed E-state index contributed by atoms with van der Waals surface area (Å²) in [7, 11) is 1.00. The Morgan fingerprint density at radius 2 is 1.00 bits per heavy atom. The first-order chi connectivity index (χ1) is 1.00. The maximum absolute atomic E-state index is 7.00. The Kier molecular flexibility index (Phi) is 255. The van der Waals surface area contributed by atoms with Gasteiger partial charge in [-0.3, -0.25) is 0 Å². The molecule has 0 rings (SSSR count). The molecule has 5 heteroatoms. The average Bonchev–Trinajstić information content (AvgIpc) is 1.00. The van der Waals surface area contributed by atoms with Gasteiger partial charge in [0.2, 0.25) is 0 Å². The van der Waals surface area contributed by atoms with Gasteiger partial charge in [0.05, 0.1) is 0 Å². The van der Waals surface area contributed by atoms with Gasteiger partial charge >= 0.3 is 75.5 Å². The van der Waals surface area contributed by atoms with Crippen LogP contribution in [0, 0.1) is 0 Å². The predicted octanol–water partition coefficient (Wildman–Crippen LogP) is -6.92. The van der Waals surface area contributed by atoms with Crippen LogP contribution in [-0.2, 0) is 0 Å². The van der Waals surface area contributed by atoms with Crippen LogP contribution in [0.4, 0.5) is 0 Å². The van der Waals surface area contributed by atoms with Gasteiger partial charge in [0.25, 0.3) is 0 Å². The summed E-state index contributed by atoms with van der Waals surface area (Å²) >= 11 is 0. The van der Waals surface area contributed by atoms with E-state index in [0.717, 1.165) is 7.11 Å². The van der Waals surface area contributed by atoms with E-state index < -0.39 is 0 Å². The third-order valence-electron chi connectivity index (χ3n) is 0. The SMILES string of the molecule is CO.[Ca+2].[Ca+2].[Cl-].[Cl-].[H-].[H-]. The second-order valence-electron chi connectivity index (χ2n) is 0. The zero-order chi connectivity index (χ0) is 2.00. The molecule has 0 saturated heterocycles. The van der Waals surface area contributed by atoms with E-state index in [0.29, 0.717) is 0 Å². The van der Waals surface area contributed by atoms with Crippen molar-refractivity contribution >= 4 is 75.5 Å². The molecule has 0 aromatic rings. The molecule has 0 aliphatic heterocycles. The van der Waals surface area contributed by atoms with Crippen LogP contribution in [0.15, 0.2) is 0 Å². The maximum Gasteiger partial charge on any atom is 2.00 e. The molecule has 1 nitrogen and oxygen atoms in total. The monoisotopic (exact) mass is 184 g/mol. The van der Waals surface area contributed by atoms with E-state index in [4.69, 9.17) is 5.11 Å². The molecule has 0 fully saturated rings. The predicted molar refractivity (Wildman–Crippen MR) is 21.9 cm³/mol. The Hall–Kier alpha value is 3.06. The second-order valence-corrected chi connectivity index (χ2v) is 0. The van der Waals surface area contributed by atoms with Crippen molar-refractivity contribution in [2.45, 2.75) is 0 Å². The fourth-order valence-electron chi connectivity index (χ4n) is 0. The van der Waals surface area contributed by atoms with Crippen molar-refractivity contribution in [3.8, 4) is 0 Å². The quantitative estimate of drug-likeness (QED) is 0.372. The molecule has 0 saturated carbocycles. The maximum atomic E-state index is 7.00. The Morgan fingerprint density at radius 3 is 1.00 bits per heavy atom. The van der Waals surface area contributed by atoms with E-state index in [-0.39, 0.29) is 103 Å². The first kappa shape index (κ1) is 35.7. The Bertz CT molecular complexity index is 18.0. The van der Waals surface area contributed by atoms with Crippen LogP contribution >= 0.6 is 0 Å². The van der Waals surface area contributed by atoms with E-state index in [9.17, 15) is 0 Å². The smallest absolute Gasteiger partial charge is 1.00 e. The van der Waals surface area contributed by atoms with Gasteiger partial charge in [0.15, 0.2) is 0 Å². The number of aliphatic hydroxyl groups is 1. The molecule has 1 N–H and O–H groups in total. The molecule has 34 valence electrons. The summed E-state index contributed by atoms with van der Waals surface area (Å²) in [6.45, 7) is 0. The Labute approximate surface area is 113 Å². The van der Waals surface area contributed by atoms with Gasteiger partial charge in [-0.2, -0.15) is 0 Å².